The Balaban J connectivity index is 2.32. The monoisotopic (exact) mass is 289 g/mol. The summed E-state index contributed by atoms with van der Waals surface area (Å²) in [6.45, 7) is 3.67. The predicted octanol–water partition coefficient (Wildman–Crippen LogP) is 2.12. The number of nitrogens with one attached hydrogen (secondary N) is 2. The fraction of sp³-hybridized carbons (Fsp3) is 0.400. The van der Waals surface area contributed by atoms with Gasteiger partial charge in [-0.15, -0.1) is 0 Å². The number of anilines is 2. The summed E-state index contributed by atoms with van der Waals surface area (Å²) in [6.07, 6.45) is 0.892. The Hall–Kier alpha value is -2.37. The molecule has 1 heterocycles. The molecule has 0 radical (unpaired) electrons. The average Bonchev–Trinajstić information content (AvgIpc) is 2.44. The van der Waals surface area contributed by atoms with Crippen LogP contribution in [0.4, 0.5) is 16.2 Å². The fourth-order valence-corrected chi connectivity index (χ4v) is 2.23. The highest BCUT2D eigenvalue weighted by Gasteiger charge is 2.40. The number of hydrogen-bond acceptors (Lipinski definition) is 3. The normalized spacial score (nSPS) is 17.6. The third-order valence-electron chi connectivity index (χ3n) is 3.58. The number of urea groups is 1. The van der Waals surface area contributed by atoms with Crippen LogP contribution in [0.3, 0.4) is 0 Å². The van der Waals surface area contributed by atoms with E-state index in [1.807, 2.05) is 13.8 Å². The van der Waals surface area contributed by atoms with Gasteiger partial charge in [-0.1, -0.05) is 19.9 Å². The highest BCUT2D eigenvalue weighted by atomic mass is 16.2. The van der Waals surface area contributed by atoms with Gasteiger partial charge in [-0.2, -0.15) is 0 Å². The second-order valence-corrected chi connectivity index (χ2v) is 5.67. The topological polar surface area (TPSA) is 78.5 Å². The molecular weight excluding hydrogens is 270 g/mol. The van der Waals surface area contributed by atoms with Crippen LogP contribution in [0.15, 0.2) is 24.3 Å². The molecule has 0 aliphatic carbocycles. The molecule has 1 aliphatic rings. The second-order valence-electron chi connectivity index (χ2n) is 5.67. The molecule has 1 saturated heterocycles. The summed E-state index contributed by atoms with van der Waals surface area (Å²) in [7, 11) is 1.51. The number of rotatable bonds is 2. The van der Waals surface area contributed by atoms with Crippen LogP contribution in [0.1, 0.15) is 26.7 Å². The molecule has 1 aromatic rings. The summed E-state index contributed by atoms with van der Waals surface area (Å²) in [6, 6.07) is 6.34. The van der Waals surface area contributed by atoms with Crippen LogP contribution < -0.4 is 15.5 Å². The minimum absolute atomic E-state index is 0.212. The first-order chi connectivity index (χ1) is 9.85. The Morgan fingerprint density at radius 1 is 1.29 bits per heavy atom. The lowest BCUT2D eigenvalue weighted by Gasteiger charge is -2.35. The first-order valence-corrected chi connectivity index (χ1v) is 6.81. The molecule has 21 heavy (non-hydrogen) atoms. The number of carbonyl (C=O) groups excluding carboxylic acids is 3. The molecular formula is C15H19N3O3. The zero-order valence-electron chi connectivity index (χ0n) is 12.4. The molecule has 0 unspecified atom stereocenters. The summed E-state index contributed by atoms with van der Waals surface area (Å²) >= 11 is 0. The number of hydrogen-bond donors (Lipinski definition) is 2. The quantitative estimate of drug-likeness (QED) is 0.818. The van der Waals surface area contributed by atoms with E-state index in [9.17, 15) is 14.4 Å². The minimum atomic E-state index is -0.557. The van der Waals surface area contributed by atoms with Crippen LogP contribution in [-0.4, -0.2) is 24.9 Å². The number of nitrogens with zero attached hydrogens (tertiary/aromatic N) is 1. The van der Waals surface area contributed by atoms with E-state index in [4.69, 9.17) is 0 Å². The maximum atomic E-state index is 12.5. The predicted molar refractivity (Wildman–Crippen MR) is 80.0 cm³/mol. The van der Waals surface area contributed by atoms with E-state index in [0.717, 1.165) is 0 Å². The SMILES string of the molecule is CNC(=O)Nc1cccc(N2C(=O)CCC(C)(C)C2=O)c1. The molecule has 1 aliphatic heterocycles. The van der Waals surface area contributed by atoms with E-state index < -0.39 is 5.41 Å². The number of carbonyl (C=O) groups is 3. The number of benzene rings is 1. The van der Waals surface area contributed by atoms with Crippen molar-refractivity contribution in [1.29, 1.82) is 0 Å². The molecule has 112 valence electrons. The third kappa shape index (κ3) is 3.04. The molecule has 1 aromatic carbocycles. The number of amides is 4. The van der Waals surface area contributed by atoms with Gasteiger partial charge in [-0.3, -0.25) is 14.5 Å². The molecule has 0 atom stereocenters. The zero-order chi connectivity index (χ0) is 15.6. The Labute approximate surface area is 123 Å². The summed E-state index contributed by atoms with van der Waals surface area (Å²) in [5.41, 5.74) is 0.445. The Morgan fingerprint density at radius 3 is 2.67 bits per heavy atom. The average molecular weight is 289 g/mol. The fourth-order valence-electron chi connectivity index (χ4n) is 2.23. The summed E-state index contributed by atoms with van der Waals surface area (Å²) in [5.74, 6) is -0.424. The minimum Gasteiger partial charge on any atom is -0.341 e. The maximum absolute atomic E-state index is 12.5. The van der Waals surface area contributed by atoms with Gasteiger partial charge in [0.2, 0.25) is 11.8 Å². The molecule has 0 spiro atoms. The molecule has 6 heteroatoms. The molecule has 2 N–H and O–H groups in total. The molecule has 1 fully saturated rings. The molecule has 0 saturated carbocycles. The number of imide groups is 1. The van der Waals surface area contributed by atoms with Gasteiger partial charge in [0, 0.05) is 24.6 Å². The number of piperidine rings is 1. The van der Waals surface area contributed by atoms with Gasteiger partial charge in [0.1, 0.15) is 0 Å². The van der Waals surface area contributed by atoms with E-state index in [1.165, 1.54) is 11.9 Å². The van der Waals surface area contributed by atoms with Crippen molar-refractivity contribution in [1.82, 2.24) is 5.32 Å². The Morgan fingerprint density at radius 2 is 2.00 bits per heavy atom. The lowest BCUT2D eigenvalue weighted by atomic mass is 9.82. The van der Waals surface area contributed by atoms with E-state index in [2.05, 4.69) is 10.6 Å². The summed E-state index contributed by atoms with van der Waals surface area (Å²) < 4.78 is 0. The second kappa shape index (κ2) is 5.55. The van der Waals surface area contributed by atoms with Crippen molar-refractivity contribution in [2.45, 2.75) is 26.7 Å². The lowest BCUT2D eigenvalue weighted by molar-refractivity contribution is -0.136. The van der Waals surface area contributed by atoms with Crippen molar-refractivity contribution >= 4 is 29.2 Å². The van der Waals surface area contributed by atoms with E-state index in [0.29, 0.717) is 24.2 Å². The Bertz CT molecular complexity index is 596. The van der Waals surface area contributed by atoms with Crippen LogP contribution in [0.25, 0.3) is 0 Å². The summed E-state index contributed by atoms with van der Waals surface area (Å²) in [5, 5.41) is 5.07. The van der Waals surface area contributed by atoms with Gasteiger partial charge in [0.05, 0.1) is 5.69 Å². The zero-order valence-corrected chi connectivity index (χ0v) is 12.4. The standard InChI is InChI=1S/C15H19N3O3/c1-15(2)8-7-12(19)18(13(15)20)11-6-4-5-10(9-11)17-14(21)16-3/h4-6,9H,7-8H2,1-3H3,(H2,16,17,21). The van der Waals surface area contributed by atoms with E-state index in [1.54, 1.807) is 24.3 Å². The van der Waals surface area contributed by atoms with Crippen molar-refractivity contribution in [3.05, 3.63) is 24.3 Å². The van der Waals surface area contributed by atoms with E-state index in [-0.39, 0.29) is 17.8 Å². The van der Waals surface area contributed by atoms with Crippen molar-refractivity contribution in [3.8, 4) is 0 Å². The van der Waals surface area contributed by atoms with Crippen molar-refractivity contribution in [2.24, 2.45) is 5.41 Å². The van der Waals surface area contributed by atoms with Gasteiger partial charge in [-0.05, 0) is 24.6 Å². The summed E-state index contributed by atoms with van der Waals surface area (Å²) in [4.78, 5) is 37.1. The van der Waals surface area contributed by atoms with E-state index >= 15 is 0 Å². The molecule has 2 rings (SSSR count). The van der Waals surface area contributed by atoms with Crippen molar-refractivity contribution in [2.75, 3.05) is 17.3 Å². The van der Waals surface area contributed by atoms with Crippen LogP contribution >= 0.6 is 0 Å². The van der Waals surface area contributed by atoms with Gasteiger partial charge >= 0.3 is 6.03 Å². The van der Waals surface area contributed by atoms with Gasteiger partial charge < -0.3 is 10.6 Å². The van der Waals surface area contributed by atoms with Gasteiger partial charge in [-0.25, -0.2) is 4.79 Å². The van der Waals surface area contributed by atoms with Crippen molar-refractivity contribution < 1.29 is 14.4 Å². The first kappa shape index (κ1) is 15.0. The van der Waals surface area contributed by atoms with Crippen LogP contribution in [0.5, 0.6) is 0 Å². The highest BCUT2D eigenvalue weighted by molar-refractivity contribution is 6.18. The van der Waals surface area contributed by atoms with Gasteiger partial charge in [0.15, 0.2) is 0 Å². The highest BCUT2D eigenvalue weighted by Crippen LogP contribution is 2.34. The molecule has 6 nitrogen and oxygen atoms in total. The van der Waals surface area contributed by atoms with Gasteiger partial charge in [0.25, 0.3) is 0 Å². The largest absolute Gasteiger partial charge is 0.341 e. The molecule has 4 amide bonds. The smallest absolute Gasteiger partial charge is 0.318 e. The third-order valence-corrected chi connectivity index (χ3v) is 3.58. The molecule has 0 aromatic heterocycles. The van der Waals surface area contributed by atoms with Crippen molar-refractivity contribution in [3.63, 3.8) is 0 Å². The van der Waals surface area contributed by atoms with Crippen LogP contribution in [0.2, 0.25) is 0 Å². The van der Waals surface area contributed by atoms with Crippen LogP contribution in [0, 0.1) is 5.41 Å². The van der Waals surface area contributed by atoms with Crippen LogP contribution in [-0.2, 0) is 9.59 Å². The maximum Gasteiger partial charge on any atom is 0.318 e. The first-order valence-electron chi connectivity index (χ1n) is 6.81. The molecule has 0 bridgehead atoms. The lowest BCUT2D eigenvalue weighted by Crippen LogP contribution is -2.49. The Kier molecular flexibility index (Phi) is 3.97.